The van der Waals surface area contributed by atoms with Crippen LogP contribution in [0.1, 0.15) is 31.2 Å². The van der Waals surface area contributed by atoms with E-state index in [9.17, 15) is 0 Å². The Hall–Kier alpha value is -0.870. The molecule has 4 heteroatoms. The molecule has 0 saturated carbocycles. The monoisotopic (exact) mass is 235 g/mol. The van der Waals surface area contributed by atoms with Gasteiger partial charge in [-0.3, -0.25) is 0 Å². The maximum atomic E-state index is 5.46. The third-order valence-electron chi connectivity index (χ3n) is 4.12. The van der Waals surface area contributed by atoms with Crippen molar-refractivity contribution in [3.63, 3.8) is 0 Å². The van der Waals surface area contributed by atoms with E-state index in [0.29, 0.717) is 5.41 Å². The van der Waals surface area contributed by atoms with Gasteiger partial charge >= 0.3 is 0 Å². The third-order valence-corrected chi connectivity index (χ3v) is 4.12. The van der Waals surface area contributed by atoms with Crippen LogP contribution in [0.4, 0.5) is 0 Å². The third kappa shape index (κ3) is 2.24. The molecule has 17 heavy (non-hydrogen) atoms. The lowest BCUT2D eigenvalue weighted by atomic mass is 9.82. The van der Waals surface area contributed by atoms with Crippen molar-refractivity contribution in [3.8, 4) is 0 Å². The summed E-state index contributed by atoms with van der Waals surface area (Å²) < 4.78 is 7.84. The minimum Gasteiger partial charge on any atom is -0.381 e. The number of aromatic nitrogens is 2. The maximum Gasteiger partial charge on any atom is 0.0952 e. The molecule has 2 aliphatic heterocycles. The number of nitrogens with zero attached hydrogens (tertiary/aromatic N) is 2. The summed E-state index contributed by atoms with van der Waals surface area (Å²) in [5.74, 6) is 0. The number of hydrogen-bond acceptors (Lipinski definition) is 3. The quantitative estimate of drug-likeness (QED) is 0.841. The van der Waals surface area contributed by atoms with Gasteiger partial charge in [-0.15, -0.1) is 0 Å². The van der Waals surface area contributed by atoms with E-state index >= 15 is 0 Å². The molecule has 4 nitrogen and oxygen atoms in total. The lowest BCUT2D eigenvalue weighted by Crippen LogP contribution is -2.32. The maximum absolute atomic E-state index is 5.46. The van der Waals surface area contributed by atoms with Gasteiger partial charge in [0.15, 0.2) is 0 Å². The second kappa shape index (κ2) is 4.42. The smallest absolute Gasteiger partial charge is 0.0952 e. The molecule has 1 N–H and O–H groups in total. The van der Waals surface area contributed by atoms with Gasteiger partial charge in [0.2, 0.25) is 0 Å². The largest absolute Gasteiger partial charge is 0.381 e. The average molecular weight is 235 g/mol. The minimum atomic E-state index is 0.387. The Bertz CT molecular complexity index is 393. The molecule has 0 bridgehead atoms. The molecule has 1 aromatic heterocycles. The van der Waals surface area contributed by atoms with Crippen molar-refractivity contribution in [2.75, 3.05) is 19.8 Å². The molecule has 1 aromatic rings. The van der Waals surface area contributed by atoms with Gasteiger partial charge in [0.1, 0.15) is 0 Å². The van der Waals surface area contributed by atoms with Gasteiger partial charge in [-0.25, -0.2) is 4.98 Å². The molecular weight excluding hydrogens is 214 g/mol. The molecule has 0 unspecified atom stereocenters. The van der Waals surface area contributed by atoms with Crippen molar-refractivity contribution in [2.24, 2.45) is 5.41 Å². The summed E-state index contributed by atoms with van der Waals surface area (Å²) in [4.78, 5) is 4.52. The summed E-state index contributed by atoms with van der Waals surface area (Å²) in [6.07, 6.45) is 5.47. The van der Waals surface area contributed by atoms with E-state index in [2.05, 4.69) is 21.8 Å². The average Bonchev–Trinajstić information content (AvgIpc) is 2.73. The van der Waals surface area contributed by atoms with E-state index in [1.54, 1.807) is 0 Å². The fraction of sp³-hybridized carbons (Fsp3) is 0.769. The van der Waals surface area contributed by atoms with Crippen LogP contribution in [0.5, 0.6) is 0 Å². The van der Waals surface area contributed by atoms with Crippen LogP contribution in [0.3, 0.4) is 0 Å². The molecule has 0 aliphatic carbocycles. The number of fused-ring (bicyclic) bond motifs is 1. The van der Waals surface area contributed by atoms with Gasteiger partial charge in [-0.1, -0.05) is 6.92 Å². The number of hydrogen-bond donors (Lipinski definition) is 1. The molecule has 0 amide bonds. The van der Waals surface area contributed by atoms with Crippen molar-refractivity contribution in [1.29, 1.82) is 0 Å². The Morgan fingerprint density at radius 1 is 1.47 bits per heavy atom. The standard InChI is InChI=1S/C13H21N3O/c1-13(3-6-17-7-4-13)9-16-10-15-11-8-14-5-2-12(11)16/h10,14H,2-9H2,1H3. The van der Waals surface area contributed by atoms with Crippen molar-refractivity contribution in [3.05, 3.63) is 17.7 Å². The molecule has 1 saturated heterocycles. The summed E-state index contributed by atoms with van der Waals surface area (Å²) in [5.41, 5.74) is 3.07. The molecule has 2 aliphatic rings. The van der Waals surface area contributed by atoms with Crippen LogP contribution in [-0.2, 0) is 24.2 Å². The van der Waals surface area contributed by atoms with Gasteiger partial charge in [0.05, 0.1) is 12.0 Å². The minimum absolute atomic E-state index is 0.387. The lowest BCUT2D eigenvalue weighted by molar-refractivity contribution is 0.0151. The summed E-state index contributed by atoms with van der Waals surface area (Å²) in [7, 11) is 0. The molecule has 0 atom stereocenters. The first-order chi connectivity index (χ1) is 8.27. The first-order valence-electron chi connectivity index (χ1n) is 6.58. The van der Waals surface area contributed by atoms with Crippen LogP contribution in [0.2, 0.25) is 0 Å². The van der Waals surface area contributed by atoms with Gasteiger partial charge in [0.25, 0.3) is 0 Å². The number of imidazole rings is 1. The van der Waals surface area contributed by atoms with E-state index in [0.717, 1.165) is 52.1 Å². The number of rotatable bonds is 2. The van der Waals surface area contributed by atoms with Crippen LogP contribution in [0.15, 0.2) is 6.33 Å². The normalized spacial score (nSPS) is 23.4. The summed E-state index contributed by atoms with van der Waals surface area (Å²) in [6.45, 7) is 7.31. The van der Waals surface area contributed by atoms with Crippen molar-refractivity contribution < 1.29 is 4.74 Å². The Balaban J connectivity index is 1.78. The van der Waals surface area contributed by atoms with Crippen LogP contribution in [0, 0.1) is 5.41 Å². The van der Waals surface area contributed by atoms with Gasteiger partial charge in [-0.2, -0.15) is 0 Å². The zero-order valence-corrected chi connectivity index (χ0v) is 10.5. The lowest BCUT2D eigenvalue weighted by Gasteiger charge is -2.34. The van der Waals surface area contributed by atoms with Crippen LogP contribution < -0.4 is 5.32 Å². The Labute approximate surface area is 102 Å². The topological polar surface area (TPSA) is 39.1 Å². The fourth-order valence-electron chi connectivity index (χ4n) is 2.87. The zero-order valence-electron chi connectivity index (χ0n) is 10.5. The number of ether oxygens (including phenoxy) is 1. The molecule has 0 aromatic carbocycles. The second-order valence-electron chi connectivity index (χ2n) is 5.62. The molecule has 3 heterocycles. The highest BCUT2D eigenvalue weighted by Crippen LogP contribution is 2.32. The highest BCUT2D eigenvalue weighted by atomic mass is 16.5. The van der Waals surface area contributed by atoms with E-state index < -0.39 is 0 Å². The van der Waals surface area contributed by atoms with E-state index in [4.69, 9.17) is 4.74 Å². The van der Waals surface area contributed by atoms with Crippen molar-refractivity contribution in [2.45, 2.75) is 39.3 Å². The molecule has 0 radical (unpaired) electrons. The second-order valence-corrected chi connectivity index (χ2v) is 5.62. The van der Waals surface area contributed by atoms with Gasteiger partial charge in [-0.05, 0) is 18.3 Å². The zero-order chi connectivity index (χ0) is 11.7. The Morgan fingerprint density at radius 2 is 2.29 bits per heavy atom. The van der Waals surface area contributed by atoms with E-state index in [-0.39, 0.29) is 0 Å². The summed E-state index contributed by atoms with van der Waals surface area (Å²) in [5, 5.41) is 3.37. The van der Waals surface area contributed by atoms with E-state index in [1.807, 2.05) is 6.33 Å². The molecule has 3 rings (SSSR count). The summed E-state index contributed by atoms with van der Waals surface area (Å²) >= 11 is 0. The molecule has 0 spiro atoms. The SMILES string of the molecule is CC1(Cn2cnc3c2CCNC3)CCOCC1. The van der Waals surface area contributed by atoms with Crippen molar-refractivity contribution in [1.82, 2.24) is 14.9 Å². The fourth-order valence-corrected chi connectivity index (χ4v) is 2.87. The number of nitrogens with one attached hydrogen (secondary N) is 1. The van der Waals surface area contributed by atoms with E-state index in [1.165, 1.54) is 11.4 Å². The highest BCUT2D eigenvalue weighted by Gasteiger charge is 2.29. The van der Waals surface area contributed by atoms with Gasteiger partial charge < -0.3 is 14.6 Å². The van der Waals surface area contributed by atoms with Crippen LogP contribution in [0.25, 0.3) is 0 Å². The van der Waals surface area contributed by atoms with Gasteiger partial charge in [0, 0.05) is 45.0 Å². The Kier molecular flexibility index (Phi) is 2.92. The van der Waals surface area contributed by atoms with Crippen LogP contribution in [-0.4, -0.2) is 29.3 Å². The van der Waals surface area contributed by atoms with Crippen LogP contribution >= 0.6 is 0 Å². The predicted octanol–water partition coefficient (Wildman–Crippen LogP) is 1.35. The highest BCUT2D eigenvalue weighted by molar-refractivity contribution is 5.16. The molecule has 94 valence electrons. The predicted molar refractivity (Wildman–Crippen MR) is 65.8 cm³/mol. The molecule has 1 fully saturated rings. The first-order valence-corrected chi connectivity index (χ1v) is 6.58. The Morgan fingerprint density at radius 3 is 3.12 bits per heavy atom. The first kappa shape index (κ1) is 11.2. The van der Waals surface area contributed by atoms with Crippen molar-refractivity contribution >= 4 is 0 Å². The molecular formula is C13H21N3O. The summed E-state index contributed by atoms with van der Waals surface area (Å²) in [6, 6.07) is 0.